The summed E-state index contributed by atoms with van der Waals surface area (Å²) in [5, 5.41) is 5.52. The van der Waals surface area contributed by atoms with Crippen molar-refractivity contribution < 1.29 is 4.79 Å². The number of benzene rings is 1. The number of amides is 1. The van der Waals surface area contributed by atoms with Gasteiger partial charge in [0.2, 0.25) is 11.9 Å². The predicted molar refractivity (Wildman–Crippen MR) is 104 cm³/mol. The smallest absolute Gasteiger partial charge is 0.238 e. The third-order valence-corrected chi connectivity index (χ3v) is 5.17. The highest BCUT2D eigenvalue weighted by molar-refractivity contribution is 7.22. The van der Waals surface area contributed by atoms with Crippen molar-refractivity contribution in [1.29, 1.82) is 0 Å². The summed E-state index contributed by atoms with van der Waals surface area (Å²) < 4.78 is 1.01. The van der Waals surface area contributed by atoms with Crippen LogP contribution < -0.4 is 10.7 Å². The number of fused-ring (bicyclic) bond motifs is 1. The normalized spacial score (nSPS) is 15.1. The van der Waals surface area contributed by atoms with Gasteiger partial charge in [-0.05, 0) is 31.0 Å². The van der Waals surface area contributed by atoms with Crippen LogP contribution in [0.15, 0.2) is 30.5 Å². The van der Waals surface area contributed by atoms with Crippen LogP contribution in [0.3, 0.4) is 0 Å². The number of aromatic nitrogens is 3. The van der Waals surface area contributed by atoms with Gasteiger partial charge in [-0.2, -0.15) is 0 Å². The van der Waals surface area contributed by atoms with E-state index in [2.05, 4.69) is 30.7 Å². The van der Waals surface area contributed by atoms with Crippen LogP contribution in [-0.2, 0) is 4.79 Å². The van der Waals surface area contributed by atoms with Crippen LogP contribution in [0.4, 0.5) is 11.1 Å². The maximum absolute atomic E-state index is 11.2. The number of hydrogen-bond donors (Lipinski definition) is 2. The van der Waals surface area contributed by atoms with Crippen molar-refractivity contribution in [3.63, 3.8) is 0 Å². The average molecular weight is 368 g/mol. The highest BCUT2D eigenvalue weighted by atomic mass is 32.1. The zero-order valence-electron chi connectivity index (χ0n) is 14.5. The van der Waals surface area contributed by atoms with Gasteiger partial charge in [0.25, 0.3) is 0 Å². The molecule has 4 rings (SSSR count). The van der Waals surface area contributed by atoms with Gasteiger partial charge in [-0.1, -0.05) is 23.8 Å². The van der Waals surface area contributed by atoms with Crippen LogP contribution in [0.1, 0.15) is 26.2 Å². The Hall–Kier alpha value is -2.58. The Labute approximate surface area is 155 Å². The lowest BCUT2D eigenvalue weighted by molar-refractivity contribution is -0.114. The molecular formula is C18H20N6OS. The molecule has 1 saturated heterocycles. The first-order valence-electron chi connectivity index (χ1n) is 8.70. The van der Waals surface area contributed by atoms with Crippen LogP contribution in [0.25, 0.3) is 21.5 Å². The predicted octanol–water partition coefficient (Wildman–Crippen LogP) is 3.52. The Morgan fingerprint density at radius 2 is 2.00 bits per heavy atom. The van der Waals surface area contributed by atoms with Crippen LogP contribution in [0, 0.1) is 0 Å². The second-order valence-electron chi connectivity index (χ2n) is 6.31. The number of thiazole rings is 1. The first kappa shape index (κ1) is 16.9. The third-order valence-electron chi connectivity index (χ3n) is 4.24. The van der Waals surface area contributed by atoms with E-state index in [0.29, 0.717) is 11.1 Å². The number of piperidine rings is 1. The van der Waals surface area contributed by atoms with E-state index in [4.69, 9.17) is 0 Å². The zero-order chi connectivity index (χ0) is 17.9. The molecule has 0 spiro atoms. The summed E-state index contributed by atoms with van der Waals surface area (Å²) in [5.41, 5.74) is 6.03. The number of nitrogens with one attached hydrogen (secondary N) is 2. The van der Waals surface area contributed by atoms with Crippen molar-refractivity contribution in [2.45, 2.75) is 26.2 Å². The fourth-order valence-electron chi connectivity index (χ4n) is 3.01. The highest BCUT2D eigenvalue weighted by Gasteiger charge is 2.12. The van der Waals surface area contributed by atoms with Crippen LogP contribution >= 0.6 is 11.3 Å². The van der Waals surface area contributed by atoms with Gasteiger partial charge >= 0.3 is 0 Å². The van der Waals surface area contributed by atoms with E-state index in [0.717, 1.165) is 34.6 Å². The number of hydrogen-bond acceptors (Lipinski definition) is 7. The molecule has 0 unspecified atom stereocenters. The Bertz CT molecular complexity index is 934. The van der Waals surface area contributed by atoms with Crippen molar-refractivity contribution in [2.75, 3.05) is 23.8 Å². The third kappa shape index (κ3) is 3.81. The molecule has 134 valence electrons. The van der Waals surface area contributed by atoms with Crippen molar-refractivity contribution in [1.82, 2.24) is 20.0 Å². The first-order valence-corrected chi connectivity index (χ1v) is 9.52. The monoisotopic (exact) mass is 368 g/mol. The van der Waals surface area contributed by atoms with Gasteiger partial charge in [-0.25, -0.2) is 20.0 Å². The lowest BCUT2D eigenvalue weighted by atomic mass is 10.1. The van der Waals surface area contributed by atoms with E-state index in [1.165, 1.54) is 37.5 Å². The molecule has 7 nitrogen and oxygen atoms in total. The van der Waals surface area contributed by atoms with E-state index < -0.39 is 0 Å². The minimum absolute atomic E-state index is 0.117. The molecule has 8 heteroatoms. The molecular weight excluding hydrogens is 348 g/mol. The molecule has 1 aliphatic heterocycles. The van der Waals surface area contributed by atoms with E-state index in [1.54, 1.807) is 6.20 Å². The molecule has 26 heavy (non-hydrogen) atoms. The first-order chi connectivity index (χ1) is 12.7. The second kappa shape index (κ2) is 7.35. The lowest BCUT2D eigenvalue weighted by Crippen LogP contribution is -2.35. The highest BCUT2D eigenvalue weighted by Crippen LogP contribution is 2.30. The van der Waals surface area contributed by atoms with Gasteiger partial charge in [0.05, 0.1) is 15.9 Å². The lowest BCUT2D eigenvalue weighted by Gasteiger charge is -2.26. The Morgan fingerprint density at radius 1 is 1.15 bits per heavy atom. The number of hydrazine groups is 1. The van der Waals surface area contributed by atoms with Crippen molar-refractivity contribution >= 4 is 38.5 Å². The van der Waals surface area contributed by atoms with Crippen molar-refractivity contribution in [3.8, 4) is 11.3 Å². The minimum Gasteiger partial charge on any atom is -0.302 e. The number of carbonyl (C=O) groups is 1. The van der Waals surface area contributed by atoms with Crippen molar-refractivity contribution in [3.05, 3.63) is 30.5 Å². The number of rotatable bonds is 4. The number of anilines is 2. The average Bonchev–Trinajstić information content (AvgIpc) is 3.03. The van der Waals surface area contributed by atoms with Gasteiger partial charge in [0.1, 0.15) is 0 Å². The SMILES string of the molecule is CC(=O)Nc1nc2ccc(-c3ccnc(NN4CCCCC4)n3)cc2s1. The maximum atomic E-state index is 11.2. The van der Waals surface area contributed by atoms with E-state index in [9.17, 15) is 4.79 Å². The quantitative estimate of drug-likeness (QED) is 0.733. The minimum atomic E-state index is -0.117. The standard InChI is InChI=1S/C18H20N6OS/c1-12(25)20-18-22-15-6-5-13(11-16(15)26-18)14-7-8-19-17(21-14)23-24-9-3-2-4-10-24/h5-8,11H,2-4,9-10H2,1H3,(H,19,21,23)(H,20,22,25). The fraction of sp³-hybridized carbons (Fsp3) is 0.333. The Morgan fingerprint density at radius 3 is 2.81 bits per heavy atom. The Kier molecular flexibility index (Phi) is 4.77. The summed E-state index contributed by atoms with van der Waals surface area (Å²) in [5.74, 6) is 0.501. The largest absolute Gasteiger partial charge is 0.302 e. The van der Waals surface area contributed by atoms with Gasteiger partial charge in [0, 0.05) is 31.8 Å². The molecule has 2 N–H and O–H groups in total. The Balaban J connectivity index is 1.58. The molecule has 2 aromatic heterocycles. The summed E-state index contributed by atoms with van der Waals surface area (Å²) >= 11 is 1.46. The molecule has 0 radical (unpaired) electrons. The van der Waals surface area contributed by atoms with Crippen molar-refractivity contribution in [2.24, 2.45) is 0 Å². The van der Waals surface area contributed by atoms with Gasteiger partial charge < -0.3 is 5.32 Å². The number of nitrogens with zero attached hydrogens (tertiary/aromatic N) is 4. The maximum Gasteiger partial charge on any atom is 0.238 e. The fourth-order valence-corrected chi connectivity index (χ4v) is 3.96. The number of carbonyl (C=O) groups excluding carboxylic acids is 1. The molecule has 0 aliphatic carbocycles. The summed E-state index contributed by atoms with van der Waals surface area (Å²) in [6.45, 7) is 3.52. The topological polar surface area (TPSA) is 83.0 Å². The summed E-state index contributed by atoms with van der Waals surface area (Å²) in [7, 11) is 0. The molecule has 1 aromatic carbocycles. The molecule has 0 atom stereocenters. The van der Waals surface area contributed by atoms with Gasteiger partial charge in [0.15, 0.2) is 5.13 Å². The van der Waals surface area contributed by atoms with Gasteiger partial charge in [-0.15, -0.1) is 0 Å². The van der Waals surface area contributed by atoms with E-state index >= 15 is 0 Å². The zero-order valence-corrected chi connectivity index (χ0v) is 15.3. The van der Waals surface area contributed by atoms with Crippen LogP contribution in [0.2, 0.25) is 0 Å². The molecule has 1 amide bonds. The summed E-state index contributed by atoms with van der Waals surface area (Å²) in [4.78, 5) is 24.6. The molecule has 0 bridgehead atoms. The molecule has 1 fully saturated rings. The van der Waals surface area contributed by atoms with Crippen LogP contribution in [0.5, 0.6) is 0 Å². The molecule has 0 saturated carbocycles. The summed E-state index contributed by atoms with van der Waals surface area (Å²) in [6.07, 6.45) is 5.46. The van der Waals surface area contributed by atoms with E-state index in [-0.39, 0.29) is 5.91 Å². The van der Waals surface area contributed by atoms with Crippen LogP contribution in [-0.4, -0.2) is 39.0 Å². The molecule has 1 aliphatic rings. The summed E-state index contributed by atoms with van der Waals surface area (Å²) in [6, 6.07) is 7.89. The second-order valence-corrected chi connectivity index (χ2v) is 7.34. The molecule has 3 aromatic rings. The van der Waals surface area contributed by atoms with E-state index in [1.807, 2.05) is 24.3 Å². The van der Waals surface area contributed by atoms with Gasteiger partial charge in [-0.3, -0.25) is 10.2 Å². The molecule has 3 heterocycles.